The Hall–Kier alpha value is -2.16. The lowest BCUT2D eigenvalue weighted by atomic mass is 10.1. The highest BCUT2D eigenvalue weighted by Crippen LogP contribution is 2.26. The van der Waals surface area contributed by atoms with Gasteiger partial charge in [0.15, 0.2) is 5.16 Å². The third kappa shape index (κ3) is 5.37. The van der Waals surface area contributed by atoms with E-state index in [1.54, 1.807) is 11.8 Å². The second-order valence-corrected chi connectivity index (χ2v) is 9.35. The van der Waals surface area contributed by atoms with Gasteiger partial charge in [-0.3, -0.25) is 9.58 Å². The molecule has 2 aromatic heterocycles. The largest absolute Gasteiger partial charge is 0.376 e. The van der Waals surface area contributed by atoms with Crippen LogP contribution in [0.2, 0.25) is 0 Å². The molecule has 1 unspecified atom stereocenters. The summed E-state index contributed by atoms with van der Waals surface area (Å²) in [7, 11) is 4.10. The number of rotatable bonds is 9. The predicted octanol–water partition coefficient (Wildman–Crippen LogP) is 3.73. The maximum Gasteiger partial charge on any atom is 0.191 e. The van der Waals surface area contributed by atoms with Crippen LogP contribution in [-0.4, -0.2) is 49.2 Å². The lowest BCUT2D eigenvalue weighted by molar-refractivity contribution is 0.0934. The molecule has 8 heteroatoms. The Kier molecular flexibility index (Phi) is 7.09. The quantitative estimate of drug-likeness (QED) is 0.473. The lowest BCUT2D eigenvalue weighted by Gasteiger charge is -2.19. The van der Waals surface area contributed by atoms with Gasteiger partial charge in [0.05, 0.1) is 25.4 Å². The Labute approximate surface area is 188 Å². The summed E-state index contributed by atoms with van der Waals surface area (Å²) < 4.78 is 10.1. The number of thioether (sulfide) groups is 1. The van der Waals surface area contributed by atoms with Crippen LogP contribution in [0, 0.1) is 13.8 Å². The molecule has 0 spiro atoms. The number of ether oxygens (including phenoxy) is 1. The van der Waals surface area contributed by atoms with Crippen molar-refractivity contribution in [3.63, 3.8) is 0 Å². The highest BCUT2D eigenvalue weighted by molar-refractivity contribution is 7.98. The Morgan fingerprint density at radius 1 is 1.16 bits per heavy atom. The molecular weight excluding hydrogens is 408 g/mol. The number of benzene rings is 1. The summed E-state index contributed by atoms with van der Waals surface area (Å²) in [6.07, 6.45) is 4.43. The maximum atomic E-state index is 5.93. The van der Waals surface area contributed by atoms with E-state index < -0.39 is 0 Å². The van der Waals surface area contributed by atoms with Gasteiger partial charge in [-0.05, 0) is 44.9 Å². The maximum absolute atomic E-state index is 5.93. The van der Waals surface area contributed by atoms with Gasteiger partial charge in [-0.2, -0.15) is 5.10 Å². The van der Waals surface area contributed by atoms with E-state index in [-0.39, 0.29) is 6.10 Å². The average molecular weight is 441 g/mol. The number of hydrogen-bond acceptors (Lipinski definition) is 6. The highest BCUT2D eigenvalue weighted by Gasteiger charge is 2.22. The Bertz CT molecular complexity index is 1010. The van der Waals surface area contributed by atoms with Crippen LogP contribution in [0.25, 0.3) is 0 Å². The molecule has 1 fully saturated rings. The second-order valence-electron chi connectivity index (χ2n) is 8.41. The lowest BCUT2D eigenvalue weighted by Crippen LogP contribution is -2.23. The molecule has 1 atom stereocenters. The summed E-state index contributed by atoms with van der Waals surface area (Å²) in [6.45, 7) is 7.51. The molecule has 0 N–H and O–H groups in total. The highest BCUT2D eigenvalue weighted by atomic mass is 32.2. The van der Waals surface area contributed by atoms with Crippen LogP contribution in [0.5, 0.6) is 0 Å². The molecule has 0 bridgehead atoms. The first-order valence-corrected chi connectivity index (χ1v) is 11.9. The molecule has 3 aromatic rings. The van der Waals surface area contributed by atoms with Crippen molar-refractivity contribution in [1.29, 1.82) is 0 Å². The zero-order chi connectivity index (χ0) is 21.8. The monoisotopic (exact) mass is 440 g/mol. The van der Waals surface area contributed by atoms with Gasteiger partial charge in [0.25, 0.3) is 0 Å². The normalized spacial score (nSPS) is 16.5. The topological polar surface area (TPSA) is 61.0 Å². The van der Waals surface area contributed by atoms with Crippen molar-refractivity contribution >= 4 is 11.8 Å². The molecule has 4 rings (SSSR count). The molecule has 7 nitrogen and oxygen atoms in total. The van der Waals surface area contributed by atoms with Gasteiger partial charge in [0, 0.05) is 37.2 Å². The van der Waals surface area contributed by atoms with E-state index in [4.69, 9.17) is 4.74 Å². The standard InChI is InChI=1S/C23H32N6OS/c1-17-8-5-6-9-19(17)16-31-23-26-25-22(29(23)14-21-10-7-11-30-21)15-27(3)13-20-12-24-28(4)18(20)2/h5-6,8-9,12,21H,7,10-11,13-16H2,1-4H3. The van der Waals surface area contributed by atoms with Crippen molar-refractivity contribution in [2.24, 2.45) is 7.05 Å². The van der Waals surface area contributed by atoms with E-state index in [0.29, 0.717) is 0 Å². The zero-order valence-corrected chi connectivity index (χ0v) is 19.7. The van der Waals surface area contributed by atoms with E-state index >= 15 is 0 Å². The van der Waals surface area contributed by atoms with Crippen LogP contribution < -0.4 is 0 Å². The van der Waals surface area contributed by atoms with E-state index in [1.807, 2.05) is 17.9 Å². The van der Waals surface area contributed by atoms with Gasteiger partial charge in [0.1, 0.15) is 5.82 Å². The fourth-order valence-electron chi connectivity index (χ4n) is 3.92. The fraction of sp³-hybridized carbons (Fsp3) is 0.522. The van der Waals surface area contributed by atoms with Crippen LogP contribution >= 0.6 is 11.8 Å². The number of aryl methyl sites for hydroxylation is 2. The van der Waals surface area contributed by atoms with Crippen molar-refractivity contribution in [1.82, 2.24) is 29.4 Å². The molecule has 1 saturated heterocycles. The van der Waals surface area contributed by atoms with Crippen LogP contribution in [0.1, 0.15) is 41.1 Å². The van der Waals surface area contributed by atoms with E-state index in [2.05, 4.69) is 69.9 Å². The molecule has 1 aliphatic rings. The molecule has 1 aromatic carbocycles. The van der Waals surface area contributed by atoms with Crippen LogP contribution in [-0.2, 0) is 37.2 Å². The van der Waals surface area contributed by atoms with Crippen molar-refractivity contribution in [2.45, 2.75) is 63.3 Å². The molecule has 0 radical (unpaired) electrons. The Balaban J connectivity index is 1.49. The molecule has 0 saturated carbocycles. The minimum absolute atomic E-state index is 0.249. The smallest absolute Gasteiger partial charge is 0.191 e. The number of hydrogen-bond donors (Lipinski definition) is 0. The second kappa shape index (κ2) is 9.97. The number of nitrogens with zero attached hydrogens (tertiary/aromatic N) is 6. The van der Waals surface area contributed by atoms with Gasteiger partial charge in [-0.15, -0.1) is 10.2 Å². The first-order valence-electron chi connectivity index (χ1n) is 10.9. The summed E-state index contributed by atoms with van der Waals surface area (Å²) in [5, 5.41) is 14.5. The van der Waals surface area contributed by atoms with Crippen molar-refractivity contribution in [3.05, 3.63) is 58.7 Å². The molecule has 31 heavy (non-hydrogen) atoms. The molecule has 1 aliphatic heterocycles. The molecule has 166 valence electrons. The minimum Gasteiger partial charge on any atom is -0.376 e. The van der Waals surface area contributed by atoms with Gasteiger partial charge in [-0.1, -0.05) is 36.0 Å². The SMILES string of the molecule is Cc1ccccc1CSc1nnc(CN(C)Cc2cnn(C)c2C)n1CC1CCCO1. The number of aromatic nitrogens is 5. The zero-order valence-electron chi connectivity index (χ0n) is 18.9. The Morgan fingerprint density at radius 3 is 2.71 bits per heavy atom. The van der Waals surface area contributed by atoms with Crippen molar-refractivity contribution in [3.8, 4) is 0 Å². The first-order chi connectivity index (χ1) is 15.0. The van der Waals surface area contributed by atoms with Gasteiger partial charge in [-0.25, -0.2) is 0 Å². The summed E-state index contributed by atoms with van der Waals surface area (Å²) in [5.74, 6) is 1.88. The average Bonchev–Trinajstić information content (AvgIpc) is 3.47. The summed E-state index contributed by atoms with van der Waals surface area (Å²) in [4.78, 5) is 2.27. The summed E-state index contributed by atoms with van der Waals surface area (Å²) in [5.41, 5.74) is 5.09. The molecule has 0 aliphatic carbocycles. The van der Waals surface area contributed by atoms with E-state index in [9.17, 15) is 0 Å². The minimum atomic E-state index is 0.249. The third-order valence-electron chi connectivity index (χ3n) is 6.01. The van der Waals surface area contributed by atoms with Crippen LogP contribution in [0.4, 0.5) is 0 Å². The first kappa shape index (κ1) is 22.0. The Morgan fingerprint density at radius 2 is 2.00 bits per heavy atom. The molecule has 0 amide bonds. The van der Waals surface area contributed by atoms with Crippen molar-refractivity contribution < 1.29 is 4.74 Å². The molecular formula is C23H32N6OS. The van der Waals surface area contributed by atoms with E-state index in [0.717, 1.165) is 55.8 Å². The van der Waals surface area contributed by atoms with Gasteiger partial charge < -0.3 is 9.30 Å². The van der Waals surface area contributed by atoms with E-state index in [1.165, 1.54) is 22.4 Å². The van der Waals surface area contributed by atoms with Gasteiger partial charge >= 0.3 is 0 Å². The fourth-order valence-corrected chi connectivity index (χ4v) is 4.96. The van der Waals surface area contributed by atoms with Crippen LogP contribution in [0.3, 0.4) is 0 Å². The van der Waals surface area contributed by atoms with Crippen molar-refractivity contribution in [2.75, 3.05) is 13.7 Å². The van der Waals surface area contributed by atoms with Gasteiger partial charge in [0.2, 0.25) is 0 Å². The summed E-state index contributed by atoms with van der Waals surface area (Å²) in [6, 6.07) is 8.53. The summed E-state index contributed by atoms with van der Waals surface area (Å²) >= 11 is 1.76. The predicted molar refractivity (Wildman–Crippen MR) is 123 cm³/mol. The third-order valence-corrected chi connectivity index (χ3v) is 7.03. The molecule has 3 heterocycles. The van der Waals surface area contributed by atoms with Crippen LogP contribution in [0.15, 0.2) is 35.6 Å².